The van der Waals surface area contributed by atoms with Gasteiger partial charge in [0.1, 0.15) is 6.61 Å². The molecule has 0 amide bonds. The minimum Gasteiger partial charge on any atom is -0.493 e. The molecule has 5 nitrogen and oxygen atoms in total. The highest BCUT2D eigenvalue weighted by Gasteiger charge is 2.12. The third-order valence-corrected chi connectivity index (χ3v) is 2.18. The number of methoxy groups -OCH3 is 1. The SMILES string of the molecule is CCOC(=O)c1ccc(OC[C@@H](C)N)c(OC)c1. The fraction of sp³-hybridized carbons (Fsp3) is 0.462. The summed E-state index contributed by atoms with van der Waals surface area (Å²) in [6.45, 7) is 4.33. The van der Waals surface area contributed by atoms with Crippen molar-refractivity contribution in [3.05, 3.63) is 23.8 Å². The van der Waals surface area contributed by atoms with E-state index >= 15 is 0 Å². The van der Waals surface area contributed by atoms with Crippen LogP contribution < -0.4 is 15.2 Å². The van der Waals surface area contributed by atoms with Crippen LogP contribution in [0.1, 0.15) is 24.2 Å². The maximum absolute atomic E-state index is 11.6. The lowest BCUT2D eigenvalue weighted by molar-refractivity contribution is 0.0526. The topological polar surface area (TPSA) is 70.8 Å². The van der Waals surface area contributed by atoms with Gasteiger partial charge in [0, 0.05) is 6.04 Å². The summed E-state index contributed by atoms with van der Waals surface area (Å²) < 4.78 is 15.6. The van der Waals surface area contributed by atoms with Crippen LogP contribution in [-0.4, -0.2) is 32.3 Å². The van der Waals surface area contributed by atoms with E-state index in [2.05, 4.69) is 0 Å². The second-order valence-corrected chi connectivity index (χ2v) is 3.87. The van der Waals surface area contributed by atoms with Crippen LogP contribution in [0, 0.1) is 0 Å². The van der Waals surface area contributed by atoms with Crippen LogP contribution in [0.5, 0.6) is 11.5 Å². The fourth-order valence-corrected chi connectivity index (χ4v) is 1.35. The summed E-state index contributed by atoms with van der Waals surface area (Å²) >= 11 is 0. The summed E-state index contributed by atoms with van der Waals surface area (Å²) in [5.74, 6) is 0.665. The number of benzene rings is 1. The highest BCUT2D eigenvalue weighted by molar-refractivity contribution is 5.90. The van der Waals surface area contributed by atoms with E-state index in [0.717, 1.165) is 0 Å². The maximum Gasteiger partial charge on any atom is 0.338 e. The van der Waals surface area contributed by atoms with Crippen molar-refractivity contribution in [3.63, 3.8) is 0 Å². The van der Waals surface area contributed by atoms with Crippen LogP contribution in [0.25, 0.3) is 0 Å². The molecule has 100 valence electrons. The van der Waals surface area contributed by atoms with Crippen molar-refractivity contribution in [2.24, 2.45) is 5.73 Å². The molecule has 0 spiro atoms. The quantitative estimate of drug-likeness (QED) is 0.780. The van der Waals surface area contributed by atoms with Crippen LogP contribution in [0.4, 0.5) is 0 Å². The van der Waals surface area contributed by atoms with Crippen molar-refractivity contribution >= 4 is 5.97 Å². The number of nitrogens with two attached hydrogens (primary N) is 1. The third kappa shape index (κ3) is 3.92. The molecule has 0 aliphatic carbocycles. The normalized spacial score (nSPS) is 11.8. The number of ether oxygens (including phenoxy) is 3. The first kappa shape index (κ1) is 14.3. The number of rotatable bonds is 6. The molecule has 0 heterocycles. The molecule has 0 unspecified atom stereocenters. The summed E-state index contributed by atoms with van der Waals surface area (Å²) in [7, 11) is 1.52. The average Bonchev–Trinajstić information content (AvgIpc) is 2.36. The second kappa shape index (κ2) is 6.86. The van der Waals surface area contributed by atoms with Gasteiger partial charge in [-0.05, 0) is 32.0 Å². The molecule has 0 saturated heterocycles. The second-order valence-electron chi connectivity index (χ2n) is 3.87. The number of hydrogen-bond donors (Lipinski definition) is 1. The minimum atomic E-state index is -0.380. The number of carbonyl (C=O) groups is 1. The first-order valence-electron chi connectivity index (χ1n) is 5.82. The minimum absolute atomic E-state index is 0.0700. The Balaban J connectivity index is 2.85. The Morgan fingerprint density at radius 1 is 1.39 bits per heavy atom. The Kier molecular flexibility index (Phi) is 5.45. The highest BCUT2D eigenvalue weighted by atomic mass is 16.5. The summed E-state index contributed by atoms with van der Waals surface area (Å²) in [6.07, 6.45) is 0. The van der Waals surface area contributed by atoms with Crippen molar-refractivity contribution < 1.29 is 19.0 Å². The van der Waals surface area contributed by atoms with Crippen molar-refractivity contribution in [1.29, 1.82) is 0 Å². The fourth-order valence-electron chi connectivity index (χ4n) is 1.35. The van der Waals surface area contributed by atoms with Crippen LogP contribution in [0.15, 0.2) is 18.2 Å². The first-order valence-corrected chi connectivity index (χ1v) is 5.82. The van der Waals surface area contributed by atoms with E-state index in [-0.39, 0.29) is 12.0 Å². The van der Waals surface area contributed by atoms with Crippen LogP contribution in [-0.2, 0) is 4.74 Å². The summed E-state index contributed by atoms with van der Waals surface area (Å²) in [5.41, 5.74) is 6.04. The zero-order valence-corrected chi connectivity index (χ0v) is 10.9. The van der Waals surface area contributed by atoms with Gasteiger partial charge >= 0.3 is 5.97 Å². The van der Waals surface area contributed by atoms with E-state index in [1.165, 1.54) is 7.11 Å². The predicted molar refractivity (Wildman–Crippen MR) is 68.1 cm³/mol. The van der Waals surface area contributed by atoms with Gasteiger partial charge in [0.2, 0.25) is 0 Å². The molecule has 2 N–H and O–H groups in total. The Hall–Kier alpha value is -1.75. The molecule has 1 rings (SSSR count). The summed E-state index contributed by atoms with van der Waals surface area (Å²) in [5, 5.41) is 0. The standard InChI is InChI=1S/C13H19NO4/c1-4-17-13(15)10-5-6-11(12(7-10)16-3)18-8-9(2)14/h5-7,9H,4,8,14H2,1-3H3/t9-/m1/s1. The van der Waals surface area contributed by atoms with Gasteiger partial charge in [0.25, 0.3) is 0 Å². The Morgan fingerprint density at radius 2 is 2.11 bits per heavy atom. The van der Waals surface area contributed by atoms with Crippen molar-refractivity contribution in [3.8, 4) is 11.5 Å². The van der Waals surface area contributed by atoms with Gasteiger partial charge in [-0.3, -0.25) is 0 Å². The molecule has 0 radical (unpaired) electrons. The monoisotopic (exact) mass is 253 g/mol. The molecule has 0 bridgehead atoms. The van der Waals surface area contributed by atoms with Gasteiger partial charge in [-0.1, -0.05) is 0 Å². The molecule has 0 aliphatic heterocycles. The lowest BCUT2D eigenvalue weighted by atomic mass is 10.2. The predicted octanol–water partition coefficient (Wildman–Crippen LogP) is 1.60. The molecule has 5 heteroatoms. The Morgan fingerprint density at radius 3 is 2.67 bits per heavy atom. The molecular formula is C13H19NO4. The lowest BCUT2D eigenvalue weighted by Gasteiger charge is -2.13. The Bertz CT molecular complexity index is 404. The number of esters is 1. The molecule has 1 aromatic carbocycles. The van der Waals surface area contributed by atoms with Crippen LogP contribution in [0.3, 0.4) is 0 Å². The molecule has 1 aromatic rings. The molecule has 0 aliphatic rings. The third-order valence-electron chi connectivity index (χ3n) is 2.18. The van der Waals surface area contributed by atoms with Gasteiger partial charge in [0.15, 0.2) is 11.5 Å². The highest BCUT2D eigenvalue weighted by Crippen LogP contribution is 2.28. The Labute approximate surface area is 107 Å². The maximum atomic E-state index is 11.6. The van der Waals surface area contributed by atoms with E-state index < -0.39 is 0 Å². The molecular weight excluding hydrogens is 234 g/mol. The zero-order chi connectivity index (χ0) is 13.5. The molecule has 0 aromatic heterocycles. The van der Waals surface area contributed by atoms with Crippen molar-refractivity contribution in [2.45, 2.75) is 19.9 Å². The molecule has 0 saturated carbocycles. The molecule has 18 heavy (non-hydrogen) atoms. The lowest BCUT2D eigenvalue weighted by Crippen LogP contribution is -2.23. The largest absolute Gasteiger partial charge is 0.493 e. The molecule has 0 fully saturated rings. The van der Waals surface area contributed by atoms with Gasteiger partial charge in [-0.15, -0.1) is 0 Å². The van der Waals surface area contributed by atoms with Crippen LogP contribution >= 0.6 is 0 Å². The van der Waals surface area contributed by atoms with E-state index in [0.29, 0.717) is 30.3 Å². The van der Waals surface area contributed by atoms with Gasteiger partial charge in [0.05, 0.1) is 19.3 Å². The van der Waals surface area contributed by atoms with E-state index in [4.69, 9.17) is 19.9 Å². The number of hydrogen-bond acceptors (Lipinski definition) is 5. The van der Waals surface area contributed by atoms with Crippen LogP contribution in [0.2, 0.25) is 0 Å². The van der Waals surface area contributed by atoms with Gasteiger partial charge < -0.3 is 19.9 Å². The van der Waals surface area contributed by atoms with E-state index in [9.17, 15) is 4.79 Å². The summed E-state index contributed by atoms with van der Waals surface area (Å²) in [4.78, 5) is 11.6. The van der Waals surface area contributed by atoms with E-state index in [1.807, 2.05) is 6.92 Å². The van der Waals surface area contributed by atoms with Gasteiger partial charge in [-0.25, -0.2) is 4.79 Å². The van der Waals surface area contributed by atoms with Crippen molar-refractivity contribution in [1.82, 2.24) is 0 Å². The zero-order valence-electron chi connectivity index (χ0n) is 10.9. The van der Waals surface area contributed by atoms with Gasteiger partial charge in [-0.2, -0.15) is 0 Å². The van der Waals surface area contributed by atoms with Crippen molar-refractivity contribution in [2.75, 3.05) is 20.3 Å². The summed E-state index contributed by atoms with van der Waals surface area (Å²) in [6, 6.07) is 4.83. The number of carbonyl (C=O) groups excluding carboxylic acids is 1. The average molecular weight is 253 g/mol. The molecule has 1 atom stereocenters. The first-order chi connectivity index (χ1) is 8.58. The smallest absolute Gasteiger partial charge is 0.338 e. The van der Waals surface area contributed by atoms with E-state index in [1.54, 1.807) is 25.1 Å².